The molecule has 0 atom stereocenters. The number of rotatable bonds is 3. The third kappa shape index (κ3) is 3.01. The number of nitrogens with zero attached hydrogens (tertiary/aromatic N) is 6. The fraction of sp³-hybridized carbons (Fsp3) is 0.300. The highest BCUT2D eigenvalue weighted by Gasteiger charge is 2.26. The van der Waals surface area contributed by atoms with Crippen molar-refractivity contribution in [2.24, 2.45) is 14.1 Å². The topological polar surface area (TPSA) is 91.8 Å². The average molecular weight is 375 g/mol. The minimum absolute atomic E-state index is 0.0525. The predicted octanol–water partition coefficient (Wildman–Crippen LogP) is 2.34. The highest BCUT2D eigenvalue weighted by molar-refractivity contribution is 5.80. The van der Waals surface area contributed by atoms with E-state index in [1.807, 2.05) is 48.1 Å². The van der Waals surface area contributed by atoms with Gasteiger partial charge in [0.05, 0.1) is 24.0 Å². The van der Waals surface area contributed by atoms with Crippen molar-refractivity contribution in [3.8, 4) is 17.2 Å². The van der Waals surface area contributed by atoms with E-state index >= 15 is 0 Å². The van der Waals surface area contributed by atoms with Crippen LogP contribution in [0.3, 0.4) is 0 Å². The number of hydrogen-bond acceptors (Lipinski definition) is 5. The molecular weight excluding hydrogens is 354 g/mol. The highest BCUT2D eigenvalue weighted by atomic mass is 16.2. The molecule has 0 saturated carbocycles. The van der Waals surface area contributed by atoms with Gasteiger partial charge < -0.3 is 10.2 Å². The molecule has 0 saturated heterocycles. The first kappa shape index (κ1) is 17.8. The lowest BCUT2D eigenvalue weighted by Gasteiger charge is -2.26. The van der Waals surface area contributed by atoms with Crippen molar-refractivity contribution in [2.75, 3.05) is 11.9 Å². The van der Waals surface area contributed by atoms with Crippen LogP contribution in [0.15, 0.2) is 30.6 Å². The van der Waals surface area contributed by atoms with E-state index in [0.717, 1.165) is 28.8 Å². The van der Waals surface area contributed by atoms with Crippen LogP contribution in [0.4, 0.5) is 11.5 Å². The SMILES string of the molecule is CC(=O)N1CCc2c(c(Nc3cccc(-c4cnn(C)c4)c3C#N)nn2C)C1. The Balaban J connectivity index is 1.73. The third-order valence-electron chi connectivity index (χ3n) is 5.13. The van der Waals surface area contributed by atoms with E-state index in [4.69, 9.17) is 0 Å². The standard InChI is InChI=1S/C20H21N7O/c1-13(28)27-8-7-19-17(12-27)20(24-26(19)3)23-18-6-4-5-15(16(18)9-21)14-10-22-25(2)11-14/h4-6,10-11H,7-8,12H2,1-3H3,(H,23,24). The second-order valence-corrected chi connectivity index (χ2v) is 6.96. The van der Waals surface area contributed by atoms with Gasteiger partial charge in [-0.25, -0.2) is 0 Å². The molecule has 0 aliphatic carbocycles. The van der Waals surface area contributed by atoms with Crippen molar-refractivity contribution < 1.29 is 4.79 Å². The van der Waals surface area contributed by atoms with Crippen LogP contribution >= 0.6 is 0 Å². The Bertz CT molecular complexity index is 1100. The summed E-state index contributed by atoms with van der Waals surface area (Å²) in [6.07, 6.45) is 4.39. The molecule has 2 aromatic heterocycles. The van der Waals surface area contributed by atoms with Crippen LogP contribution in [-0.2, 0) is 31.9 Å². The van der Waals surface area contributed by atoms with Gasteiger partial charge >= 0.3 is 0 Å². The van der Waals surface area contributed by atoms with Crippen molar-refractivity contribution in [2.45, 2.75) is 19.9 Å². The van der Waals surface area contributed by atoms with Gasteiger partial charge in [0.1, 0.15) is 6.07 Å². The summed E-state index contributed by atoms with van der Waals surface area (Å²) in [4.78, 5) is 13.6. The molecular formula is C20H21N7O. The first-order valence-electron chi connectivity index (χ1n) is 9.07. The molecule has 1 N–H and O–H groups in total. The molecule has 0 unspecified atom stereocenters. The maximum atomic E-state index is 11.8. The maximum absolute atomic E-state index is 11.8. The summed E-state index contributed by atoms with van der Waals surface area (Å²) in [5, 5.41) is 21.9. The van der Waals surface area contributed by atoms with E-state index < -0.39 is 0 Å². The Morgan fingerprint density at radius 3 is 2.82 bits per heavy atom. The molecule has 3 aromatic rings. The van der Waals surface area contributed by atoms with E-state index in [0.29, 0.717) is 30.2 Å². The normalized spacial score (nSPS) is 13.1. The summed E-state index contributed by atoms with van der Waals surface area (Å²) < 4.78 is 3.56. The van der Waals surface area contributed by atoms with Crippen molar-refractivity contribution >= 4 is 17.4 Å². The fourth-order valence-electron chi connectivity index (χ4n) is 3.67. The fourth-order valence-corrected chi connectivity index (χ4v) is 3.67. The van der Waals surface area contributed by atoms with Gasteiger partial charge in [0, 0.05) is 62.6 Å². The van der Waals surface area contributed by atoms with E-state index in [9.17, 15) is 10.1 Å². The summed E-state index contributed by atoms with van der Waals surface area (Å²) in [5.41, 5.74) is 5.03. The molecule has 3 heterocycles. The Kier molecular flexibility index (Phi) is 4.35. The number of benzene rings is 1. The molecule has 8 nitrogen and oxygen atoms in total. The molecule has 1 amide bonds. The molecule has 1 aliphatic rings. The van der Waals surface area contributed by atoms with E-state index in [1.54, 1.807) is 17.8 Å². The number of nitriles is 1. The van der Waals surface area contributed by atoms with Crippen LogP contribution in [0.5, 0.6) is 0 Å². The Hall–Kier alpha value is -3.60. The lowest BCUT2D eigenvalue weighted by molar-refractivity contribution is -0.129. The van der Waals surface area contributed by atoms with Gasteiger partial charge in [-0.2, -0.15) is 15.5 Å². The molecule has 1 aromatic carbocycles. The smallest absolute Gasteiger partial charge is 0.219 e. The molecule has 142 valence electrons. The van der Waals surface area contributed by atoms with Crippen molar-refractivity contribution in [3.05, 3.63) is 47.4 Å². The molecule has 28 heavy (non-hydrogen) atoms. The van der Waals surface area contributed by atoms with Crippen molar-refractivity contribution in [3.63, 3.8) is 0 Å². The molecule has 4 rings (SSSR count). The summed E-state index contributed by atoms with van der Waals surface area (Å²) in [6.45, 7) is 2.80. The number of fused-ring (bicyclic) bond motifs is 1. The zero-order valence-electron chi connectivity index (χ0n) is 16.1. The average Bonchev–Trinajstić information content (AvgIpc) is 3.25. The largest absolute Gasteiger partial charge is 0.338 e. The highest BCUT2D eigenvalue weighted by Crippen LogP contribution is 2.33. The third-order valence-corrected chi connectivity index (χ3v) is 5.13. The molecule has 8 heteroatoms. The molecule has 0 fully saturated rings. The van der Waals surface area contributed by atoms with Gasteiger partial charge in [-0.05, 0) is 6.07 Å². The number of anilines is 2. The zero-order valence-corrected chi connectivity index (χ0v) is 16.1. The second kappa shape index (κ2) is 6.85. The number of nitrogens with one attached hydrogen (secondary N) is 1. The number of carbonyl (C=O) groups is 1. The number of carbonyl (C=O) groups excluding carboxylic acids is 1. The minimum Gasteiger partial charge on any atom is -0.338 e. The minimum atomic E-state index is 0.0525. The van der Waals surface area contributed by atoms with Gasteiger partial charge in [0.25, 0.3) is 0 Å². The Morgan fingerprint density at radius 2 is 2.14 bits per heavy atom. The summed E-state index contributed by atoms with van der Waals surface area (Å²) in [6, 6.07) is 7.99. The van der Waals surface area contributed by atoms with E-state index in [1.165, 1.54) is 0 Å². The first-order chi connectivity index (χ1) is 13.5. The van der Waals surface area contributed by atoms with Gasteiger partial charge in [-0.1, -0.05) is 12.1 Å². The van der Waals surface area contributed by atoms with E-state index in [2.05, 4.69) is 21.6 Å². The Morgan fingerprint density at radius 1 is 1.32 bits per heavy atom. The lowest BCUT2D eigenvalue weighted by atomic mass is 10.0. The van der Waals surface area contributed by atoms with Gasteiger partial charge in [-0.15, -0.1) is 0 Å². The second-order valence-electron chi connectivity index (χ2n) is 6.96. The van der Waals surface area contributed by atoms with Gasteiger partial charge in [-0.3, -0.25) is 14.2 Å². The van der Waals surface area contributed by atoms with Crippen LogP contribution in [0.2, 0.25) is 0 Å². The van der Waals surface area contributed by atoms with Gasteiger partial charge in [0.2, 0.25) is 5.91 Å². The molecule has 0 bridgehead atoms. The van der Waals surface area contributed by atoms with Crippen molar-refractivity contribution in [1.82, 2.24) is 24.5 Å². The summed E-state index contributed by atoms with van der Waals surface area (Å²) in [5.74, 6) is 0.736. The van der Waals surface area contributed by atoms with E-state index in [-0.39, 0.29) is 5.91 Å². The number of hydrogen-bond donors (Lipinski definition) is 1. The summed E-state index contributed by atoms with van der Waals surface area (Å²) in [7, 11) is 3.75. The quantitative estimate of drug-likeness (QED) is 0.759. The van der Waals surface area contributed by atoms with Crippen LogP contribution in [0.1, 0.15) is 23.7 Å². The number of aryl methyl sites for hydroxylation is 2. The zero-order chi connectivity index (χ0) is 19.8. The predicted molar refractivity (Wildman–Crippen MR) is 105 cm³/mol. The molecule has 0 spiro atoms. The van der Waals surface area contributed by atoms with Crippen LogP contribution in [0, 0.1) is 11.3 Å². The number of amides is 1. The molecule has 0 radical (unpaired) electrons. The summed E-state index contributed by atoms with van der Waals surface area (Å²) >= 11 is 0. The number of aromatic nitrogens is 4. The maximum Gasteiger partial charge on any atom is 0.219 e. The van der Waals surface area contributed by atoms with Crippen LogP contribution < -0.4 is 5.32 Å². The monoisotopic (exact) mass is 375 g/mol. The first-order valence-corrected chi connectivity index (χ1v) is 9.07. The van der Waals surface area contributed by atoms with Crippen LogP contribution in [0.25, 0.3) is 11.1 Å². The van der Waals surface area contributed by atoms with Crippen LogP contribution in [-0.4, -0.2) is 36.9 Å². The molecule has 1 aliphatic heterocycles. The van der Waals surface area contributed by atoms with Gasteiger partial charge in [0.15, 0.2) is 5.82 Å². The van der Waals surface area contributed by atoms with Crippen molar-refractivity contribution in [1.29, 1.82) is 5.26 Å². The Labute approximate surface area is 163 Å². The lowest BCUT2D eigenvalue weighted by Crippen LogP contribution is -2.34.